The molecule has 3 rings (SSSR count). The molecule has 0 fully saturated rings. The number of rotatable bonds is 5. The summed E-state index contributed by atoms with van der Waals surface area (Å²) in [6, 6.07) is 9.73. The van der Waals surface area contributed by atoms with Crippen LogP contribution in [0.3, 0.4) is 0 Å². The number of halogens is 5. The zero-order valence-corrected chi connectivity index (χ0v) is 21.1. The number of hydrogen-bond acceptors (Lipinski definition) is 4. The average Bonchev–Trinajstić information content (AvgIpc) is 2.77. The van der Waals surface area contributed by atoms with E-state index < -0.39 is 18.3 Å². The van der Waals surface area contributed by atoms with Gasteiger partial charge in [-0.2, -0.15) is 0 Å². The SMILES string of the molecule is Cc1cc(OC(F)(F)F)c(C)cc1Oc1c(C)cc(NC(=O)NC(=O)c2ccccc2Cl)c(C)c1Cl. The first kappa shape index (κ1) is 27.2. The number of carbonyl (C=O) groups excluding carboxylic acids is 2. The molecule has 11 heteroatoms. The van der Waals surface area contributed by atoms with E-state index in [1.54, 1.807) is 39.0 Å². The third-order valence-corrected chi connectivity index (χ3v) is 5.94. The molecular weight excluding hydrogens is 520 g/mol. The molecule has 0 atom stereocenters. The van der Waals surface area contributed by atoms with Crippen LogP contribution in [-0.2, 0) is 0 Å². The van der Waals surface area contributed by atoms with E-state index in [9.17, 15) is 22.8 Å². The van der Waals surface area contributed by atoms with Gasteiger partial charge in [-0.1, -0.05) is 35.3 Å². The minimum Gasteiger partial charge on any atom is -0.455 e. The Morgan fingerprint density at radius 3 is 2.14 bits per heavy atom. The number of ether oxygens (including phenoxy) is 2. The van der Waals surface area contributed by atoms with Gasteiger partial charge < -0.3 is 14.8 Å². The molecule has 0 aliphatic rings. The Bertz CT molecular complexity index is 1340. The van der Waals surface area contributed by atoms with E-state index in [1.165, 1.54) is 31.2 Å². The van der Waals surface area contributed by atoms with Crippen molar-refractivity contribution in [1.82, 2.24) is 5.32 Å². The lowest BCUT2D eigenvalue weighted by Crippen LogP contribution is -2.34. The van der Waals surface area contributed by atoms with E-state index in [-0.39, 0.29) is 38.4 Å². The Morgan fingerprint density at radius 2 is 1.50 bits per heavy atom. The van der Waals surface area contributed by atoms with Gasteiger partial charge in [0.2, 0.25) is 0 Å². The molecule has 0 saturated heterocycles. The van der Waals surface area contributed by atoms with Crippen molar-refractivity contribution in [2.45, 2.75) is 34.1 Å². The summed E-state index contributed by atoms with van der Waals surface area (Å²) in [5.74, 6) is -0.458. The zero-order valence-electron chi connectivity index (χ0n) is 19.6. The molecule has 0 heterocycles. The molecule has 0 spiro atoms. The van der Waals surface area contributed by atoms with Crippen molar-refractivity contribution in [3.8, 4) is 17.2 Å². The van der Waals surface area contributed by atoms with Crippen molar-refractivity contribution in [2.24, 2.45) is 0 Å². The molecule has 0 aromatic heterocycles. The first-order valence-electron chi connectivity index (χ1n) is 10.5. The quantitative estimate of drug-likeness (QED) is 0.345. The highest BCUT2D eigenvalue weighted by atomic mass is 35.5. The van der Waals surface area contributed by atoms with Crippen molar-refractivity contribution in [3.63, 3.8) is 0 Å². The first-order valence-corrected chi connectivity index (χ1v) is 11.2. The second kappa shape index (κ2) is 10.7. The van der Waals surface area contributed by atoms with Crippen LogP contribution in [0.2, 0.25) is 10.0 Å². The fourth-order valence-electron chi connectivity index (χ4n) is 3.29. The van der Waals surface area contributed by atoms with Gasteiger partial charge in [-0.15, -0.1) is 13.2 Å². The zero-order chi connectivity index (χ0) is 26.8. The third kappa shape index (κ3) is 6.41. The Balaban J connectivity index is 1.81. The summed E-state index contributed by atoms with van der Waals surface area (Å²) < 4.78 is 47.9. The molecule has 0 radical (unpaired) electrons. The van der Waals surface area contributed by atoms with Crippen LogP contribution in [0.1, 0.15) is 32.6 Å². The van der Waals surface area contributed by atoms with Crippen LogP contribution < -0.4 is 20.1 Å². The molecule has 3 aromatic rings. The van der Waals surface area contributed by atoms with Gasteiger partial charge in [0.25, 0.3) is 5.91 Å². The number of anilines is 1. The van der Waals surface area contributed by atoms with Gasteiger partial charge in [0.05, 0.1) is 15.6 Å². The maximum absolute atomic E-state index is 12.6. The summed E-state index contributed by atoms with van der Waals surface area (Å²) in [6.45, 7) is 6.35. The topological polar surface area (TPSA) is 76.7 Å². The van der Waals surface area contributed by atoms with Crippen molar-refractivity contribution in [3.05, 3.63) is 80.3 Å². The van der Waals surface area contributed by atoms with E-state index >= 15 is 0 Å². The van der Waals surface area contributed by atoms with Crippen LogP contribution in [0, 0.1) is 27.7 Å². The molecule has 0 saturated carbocycles. The van der Waals surface area contributed by atoms with E-state index in [0.717, 1.165) is 0 Å². The summed E-state index contributed by atoms with van der Waals surface area (Å²) in [5, 5.41) is 5.15. The molecule has 190 valence electrons. The number of amides is 3. The van der Waals surface area contributed by atoms with E-state index in [0.29, 0.717) is 22.4 Å². The lowest BCUT2D eigenvalue weighted by atomic mass is 10.1. The number of urea groups is 1. The molecular formula is C25H21Cl2F3N2O4. The fraction of sp³-hybridized carbons (Fsp3) is 0.200. The minimum atomic E-state index is -4.82. The molecule has 0 unspecified atom stereocenters. The molecule has 0 bridgehead atoms. The maximum Gasteiger partial charge on any atom is 0.573 e. The number of carbonyl (C=O) groups is 2. The predicted molar refractivity (Wildman–Crippen MR) is 132 cm³/mol. The number of alkyl halides is 3. The van der Waals surface area contributed by atoms with Gasteiger partial charge in [-0.3, -0.25) is 10.1 Å². The van der Waals surface area contributed by atoms with Crippen LogP contribution in [0.4, 0.5) is 23.7 Å². The smallest absolute Gasteiger partial charge is 0.455 e. The second-order valence-electron chi connectivity index (χ2n) is 7.93. The average molecular weight is 541 g/mol. The van der Waals surface area contributed by atoms with Crippen LogP contribution in [0.5, 0.6) is 17.2 Å². The van der Waals surface area contributed by atoms with Crippen LogP contribution in [0.25, 0.3) is 0 Å². The highest BCUT2D eigenvalue weighted by molar-refractivity contribution is 6.34. The largest absolute Gasteiger partial charge is 0.573 e. The monoisotopic (exact) mass is 540 g/mol. The molecule has 6 nitrogen and oxygen atoms in total. The highest BCUT2D eigenvalue weighted by Crippen LogP contribution is 2.41. The third-order valence-electron chi connectivity index (χ3n) is 5.16. The molecule has 36 heavy (non-hydrogen) atoms. The van der Waals surface area contributed by atoms with Gasteiger partial charge in [0.15, 0.2) is 0 Å². The molecule has 0 aliphatic carbocycles. The van der Waals surface area contributed by atoms with Crippen LogP contribution >= 0.6 is 23.2 Å². The van der Waals surface area contributed by atoms with Gasteiger partial charge in [0.1, 0.15) is 17.2 Å². The van der Waals surface area contributed by atoms with Gasteiger partial charge >= 0.3 is 12.4 Å². The normalized spacial score (nSPS) is 11.1. The van der Waals surface area contributed by atoms with Crippen LogP contribution in [-0.4, -0.2) is 18.3 Å². The minimum absolute atomic E-state index is 0.140. The molecule has 0 aliphatic heterocycles. The van der Waals surface area contributed by atoms with E-state index in [1.807, 2.05) is 0 Å². The molecule has 3 amide bonds. The summed E-state index contributed by atoms with van der Waals surface area (Å²) in [4.78, 5) is 24.7. The van der Waals surface area contributed by atoms with Crippen molar-refractivity contribution in [2.75, 3.05) is 5.32 Å². The lowest BCUT2D eigenvalue weighted by molar-refractivity contribution is -0.274. The number of aryl methyl sites for hydroxylation is 3. The van der Waals surface area contributed by atoms with Gasteiger partial charge in [-0.05, 0) is 80.3 Å². The number of imide groups is 1. The summed E-state index contributed by atoms with van der Waals surface area (Å²) in [5.41, 5.74) is 2.07. The van der Waals surface area contributed by atoms with Crippen LogP contribution in [0.15, 0.2) is 42.5 Å². The Morgan fingerprint density at radius 1 is 0.889 bits per heavy atom. The fourth-order valence-corrected chi connectivity index (χ4v) is 3.81. The Kier molecular flexibility index (Phi) is 8.05. The summed E-state index contributed by atoms with van der Waals surface area (Å²) >= 11 is 12.5. The summed E-state index contributed by atoms with van der Waals surface area (Å²) in [7, 11) is 0. The van der Waals surface area contributed by atoms with Crippen molar-refractivity contribution in [1.29, 1.82) is 0 Å². The van der Waals surface area contributed by atoms with Gasteiger partial charge in [-0.25, -0.2) is 4.79 Å². The first-order chi connectivity index (χ1) is 16.8. The van der Waals surface area contributed by atoms with E-state index in [2.05, 4.69) is 15.4 Å². The predicted octanol–water partition coefficient (Wildman–Crippen LogP) is 7.88. The van der Waals surface area contributed by atoms with E-state index in [4.69, 9.17) is 27.9 Å². The number of benzene rings is 3. The molecule has 2 N–H and O–H groups in total. The second-order valence-corrected chi connectivity index (χ2v) is 8.72. The van der Waals surface area contributed by atoms with Crippen molar-refractivity contribution >= 4 is 40.8 Å². The Labute approximate surface area is 215 Å². The van der Waals surface area contributed by atoms with Gasteiger partial charge in [0, 0.05) is 5.69 Å². The number of nitrogens with one attached hydrogen (secondary N) is 2. The Hall–Kier alpha value is -3.43. The maximum atomic E-state index is 12.6. The van der Waals surface area contributed by atoms with Crippen molar-refractivity contribution < 1.29 is 32.2 Å². The lowest BCUT2D eigenvalue weighted by Gasteiger charge is -2.19. The highest BCUT2D eigenvalue weighted by Gasteiger charge is 2.32. The molecule has 3 aromatic carbocycles. The standard InChI is InChI=1S/C25H21Cl2F3N2O4/c1-12-11-20(36-25(28,29)30)13(2)10-19(12)35-22-14(3)9-18(15(4)21(22)27)31-24(34)32-23(33)16-7-5-6-8-17(16)26/h5-11H,1-4H3,(H2,31,32,33,34). The summed E-state index contributed by atoms with van der Waals surface area (Å²) in [6.07, 6.45) is -4.82. The number of hydrogen-bond donors (Lipinski definition) is 2.